The van der Waals surface area contributed by atoms with E-state index in [2.05, 4.69) is 10.6 Å². The molecule has 1 aromatic rings. The van der Waals surface area contributed by atoms with Crippen LogP contribution in [-0.4, -0.2) is 17.9 Å². The lowest BCUT2D eigenvalue weighted by Crippen LogP contribution is -2.28. The van der Waals surface area contributed by atoms with Crippen molar-refractivity contribution in [3.8, 4) is 0 Å². The summed E-state index contributed by atoms with van der Waals surface area (Å²) >= 11 is 0. The van der Waals surface area contributed by atoms with Gasteiger partial charge in [0.05, 0.1) is 0 Å². The predicted molar refractivity (Wildman–Crippen MR) is 87.1 cm³/mol. The third-order valence-electron chi connectivity index (χ3n) is 3.99. The van der Waals surface area contributed by atoms with E-state index in [9.17, 15) is 9.59 Å². The maximum Gasteiger partial charge on any atom is 0.227 e. The fraction of sp³-hybridized carbons (Fsp3) is 0.529. The van der Waals surface area contributed by atoms with E-state index in [-0.39, 0.29) is 23.8 Å². The van der Waals surface area contributed by atoms with Crippen LogP contribution in [0, 0.1) is 5.92 Å². The summed E-state index contributed by atoms with van der Waals surface area (Å²) in [5.41, 5.74) is 7.40. The van der Waals surface area contributed by atoms with Crippen LogP contribution in [0.1, 0.15) is 44.6 Å². The number of anilines is 1. The van der Waals surface area contributed by atoms with Gasteiger partial charge in [0.15, 0.2) is 0 Å². The highest BCUT2D eigenvalue weighted by molar-refractivity contribution is 5.93. The highest BCUT2D eigenvalue weighted by Crippen LogP contribution is 2.27. The molecule has 0 aromatic heterocycles. The number of benzene rings is 1. The molecular weight excluding hydrogens is 278 g/mol. The van der Waals surface area contributed by atoms with E-state index in [1.54, 1.807) is 0 Å². The summed E-state index contributed by atoms with van der Waals surface area (Å²) in [6.45, 7) is 2.35. The molecule has 120 valence electrons. The molecule has 1 unspecified atom stereocenters. The second-order valence-electron chi connectivity index (χ2n) is 6.11. The summed E-state index contributed by atoms with van der Waals surface area (Å²) < 4.78 is 0. The highest BCUT2D eigenvalue weighted by atomic mass is 16.2. The fourth-order valence-corrected chi connectivity index (χ4v) is 2.32. The minimum absolute atomic E-state index is 0.00112. The van der Waals surface area contributed by atoms with Crippen molar-refractivity contribution in [1.29, 1.82) is 0 Å². The first-order valence-electron chi connectivity index (χ1n) is 7.96. The van der Waals surface area contributed by atoms with Gasteiger partial charge < -0.3 is 16.4 Å². The van der Waals surface area contributed by atoms with Crippen LogP contribution in [0.3, 0.4) is 0 Å². The number of hydrogen-bond donors (Lipinski definition) is 3. The van der Waals surface area contributed by atoms with Crippen molar-refractivity contribution in [2.75, 3.05) is 5.32 Å². The van der Waals surface area contributed by atoms with Gasteiger partial charge >= 0.3 is 0 Å². The zero-order valence-electron chi connectivity index (χ0n) is 13.1. The molecule has 1 aliphatic carbocycles. The number of carbonyl (C=O) groups excluding carboxylic acids is 2. The van der Waals surface area contributed by atoms with Gasteiger partial charge in [-0.2, -0.15) is 0 Å². The zero-order chi connectivity index (χ0) is 15.9. The van der Waals surface area contributed by atoms with Crippen LogP contribution in [0.25, 0.3) is 0 Å². The molecule has 1 saturated carbocycles. The summed E-state index contributed by atoms with van der Waals surface area (Å²) in [4.78, 5) is 23.6. The lowest BCUT2D eigenvalue weighted by atomic mass is 9.85. The third-order valence-corrected chi connectivity index (χ3v) is 3.99. The number of rotatable bonds is 7. The molecule has 0 spiro atoms. The van der Waals surface area contributed by atoms with Crippen molar-refractivity contribution in [2.45, 2.75) is 51.6 Å². The number of amides is 2. The van der Waals surface area contributed by atoms with Gasteiger partial charge in [-0.05, 0) is 43.9 Å². The first kappa shape index (κ1) is 16.5. The van der Waals surface area contributed by atoms with E-state index >= 15 is 0 Å². The van der Waals surface area contributed by atoms with Crippen molar-refractivity contribution in [3.63, 3.8) is 0 Å². The Hall–Kier alpha value is -1.88. The van der Waals surface area contributed by atoms with Crippen molar-refractivity contribution >= 4 is 17.5 Å². The van der Waals surface area contributed by atoms with E-state index in [0.717, 1.165) is 30.5 Å². The summed E-state index contributed by atoms with van der Waals surface area (Å²) in [6.07, 6.45) is 4.24. The van der Waals surface area contributed by atoms with E-state index in [4.69, 9.17) is 5.73 Å². The first-order chi connectivity index (χ1) is 10.5. The van der Waals surface area contributed by atoms with Crippen molar-refractivity contribution in [3.05, 3.63) is 29.8 Å². The van der Waals surface area contributed by atoms with Gasteiger partial charge in [0.2, 0.25) is 11.8 Å². The third kappa shape index (κ3) is 5.15. The molecule has 5 nitrogen and oxygen atoms in total. The number of hydrogen-bond acceptors (Lipinski definition) is 3. The van der Waals surface area contributed by atoms with Gasteiger partial charge in [-0.1, -0.05) is 18.6 Å². The molecular formula is C17H25N3O2. The second-order valence-corrected chi connectivity index (χ2v) is 6.11. The molecule has 2 rings (SSSR count). The largest absolute Gasteiger partial charge is 0.352 e. The van der Waals surface area contributed by atoms with Crippen LogP contribution in [-0.2, 0) is 16.1 Å². The Balaban J connectivity index is 1.80. The molecule has 0 bridgehead atoms. The van der Waals surface area contributed by atoms with E-state index in [0.29, 0.717) is 19.4 Å². The van der Waals surface area contributed by atoms with Crippen molar-refractivity contribution in [1.82, 2.24) is 5.32 Å². The maximum absolute atomic E-state index is 11.9. The van der Waals surface area contributed by atoms with Crippen LogP contribution in [0.5, 0.6) is 0 Å². The van der Waals surface area contributed by atoms with Crippen LogP contribution in [0.2, 0.25) is 0 Å². The molecule has 0 aliphatic heterocycles. The van der Waals surface area contributed by atoms with E-state index < -0.39 is 0 Å². The molecule has 0 saturated heterocycles. The van der Waals surface area contributed by atoms with Crippen LogP contribution in [0.4, 0.5) is 5.69 Å². The van der Waals surface area contributed by atoms with E-state index in [1.807, 2.05) is 31.2 Å². The first-order valence-corrected chi connectivity index (χ1v) is 7.96. The molecule has 1 aromatic carbocycles. The molecule has 0 heterocycles. The Labute approximate surface area is 131 Å². The maximum atomic E-state index is 11.9. The van der Waals surface area contributed by atoms with Gasteiger partial charge in [0, 0.05) is 30.6 Å². The van der Waals surface area contributed by atoms with Crippen molar-refractivity contribution < 1.29 is 9.59 Å². The molecule has 5 heteroatoms. The summed E-state index contributed by atoms with van der Waals surface area (Å²) in [6, 6.07) is 7.64. The zero-order valence-corrected chi connectivity index (χ0v) is 13.1. The summed E-state index contributed by atoms with van der Waals surface area (Å²) in [7, 11) is 0. The fourth-order valence-electron chi connectivity index (χ4n) is 2.32. The van der Waals surface area contributed by atoms with E-state index in [1.165, 1.54) is 0 Å². The smallest absolute Gasteiger partial charge is 0.227 e. The minimum atomic E-state index is 0.00112. The Morgan fingerprint density at radius 3 is 2.77 bits per heavy atom. The average Bonchev–Trinajstić information content (AvgIpc) is 2.41. The van der Waals surface area contributed by atoms with Gasteiger partial charge in [0.25, 0.3) is 0 Å². The molecule has 4 N–H and O–H groups in total. The highest BCUT2D eigenvalue weighted by Gasteiger charge is 2.25. The lowest BCUT2D eigenvalue weighted by molar-refractivity contribution is -0.122. The topological polar surface area (TPSA) is 84.2 Å². The Kier molecular flexibility index (Phi) is 5.95. The quantitative estimate of drug-likeness (QED) is 0.721. The standard InChI is InChI=1S/C17H25N3O2/c1-12(18)8-9-16(21)19-11-13-4-2-7-15(10-13)20-17(22)14-5-3-6-14/h2,4,7,10,12,14H,3,5-6,8-9,11,18H2,1H3,(H,19,21)(H,20,22). The molecule has 2 amide bonds. The second kappa shape index (κ2) is 7.94. The molecule has 1 atom stereocenters. The minimum Gasteiger partial charge on any atom is -0.352 e. The molecule has 22 heavy (non-hydrogen) atoms. The van der Waals surface area contributed by atoms with Gasteiger partial charge in [0.1, 0.15) is 0 Å². The number of nitrogens with one attached hydrogen (secondary N) is 2. The Morgan fingerprint density at radius 1 is 1.36 bits per heavy atom. The lowest BCUT2D eigenvalue weighted by Gasteiger charge is -2.24. The SMILES string of the molecule is CC(N)CCC(=O)NCc1cccc(NC(=O)C2CCC2)c1. The average molecular weight is 303 g/mol. The Bertz CT molecular complexity index is 524. The molecule has 1 aliphatic rings. The van der Waals surface area contributed by atoms with Crippen molar-refractivity contribution in [2.24, 2.45) is 11.7 Å². The summed E-state index contributed by atoms with van der Waals surface area (Å²) in [5, 5.41) is 5.82. The number of nitrogens with two attached hydrogens (primary N) is 1. The summed E-state index contributed by atoms with van der Waals surface area (Å²) in [5.74, 6) is 0.271. The van der Waals surface area contributed by atoms with Crippen LogP contribution in [0.15, 0.2) is 24.3 Å². The number of carbonyl (C=O) groups is 2. The van der Waals surface area contributed by atoms with Crippen LogP contribution < -0.4 is 16.4 Å². The normalized spacial score (nSPS) is 15.7. The van der Waals surface area contributed by atoms with Gasteiger partial charge in [-0.25, -0.2) is 0 Å². The van der Waals surface area contributed by atoms with Gasteiger partial charge in [-0.3, -0.25) is 9.59 Å². The van der Waals surface area contributed by atoms with Crippen LogP contribution >= 0.6 is 0 Å². The molecule has 1 fully saturated rings. The van der Waals surface area contributed by atoms with Gasteiger partial charge in [-0.15, -0.1) is 0 Å². The Morgan fingerprint density at radius 2 is 2.14 bits per heavy atom. The monoisotopic (exact) mass is 303 g/mol. The predicted octanol–water partition coefficient (Wildman–Crippen LogP) is 2.17. The molecule has 0 radical (unpaired) electrons.